The van der Waals surface area contributed by atoms with Crippen molar-refractivity contribution >= 4 is 5.97 Å². The highest BCUT2D eigenvalue weighted by atomic mass is 16.5. The fourth-order valence-electron chi connectivity index (χ4n) is 2.27. The van der Waals surface area contributed by atoms with E-state index in [9.17, 15) is 4.79 Å². The number of carbonyl (C=O) groups is 1. The topological polar surface area (TPSA) is 104 Å². The number of ether oxygens (including phenoxy) is 1. The van der Waals surface area contributed by atoms with Crippen LogP contribution in [0, 0.1) is 6.92 Å². The van der Waals surface area contributed by atoms with Gasteiger partial charge in [0.05, 0.1) is 11.3 Å². The second-order valence-corrected chi connectivity index (χ2v) is 5.35. The van der Waals surface area contributed by atoms with Crippen molar-refractivity contribution < 1.29 is 18.5 Å². The van der Waals surface area contributed by atoms with Crippen molar-refractivity contribution in [1.82, 2.24) is 20.1 Å². The number of carbonyl (C=O) groups excluding carboxylic acids is 1. The van der Waals surface area contributed by atoms with Gasteiger partial charge in [-0.2, -0.15) is 4.98 Å². The van der Waals surface area contributed by atoms with Gasteiger partial charge >= 0.3 is 5.97 Å². The van der Waals surface area contributed by atoms with E-state index < -0.39 is 5.97 Å². The third-order valence-electron chi connectivity index (χ3n) is 3.59. The molecule has 1 aromatic carbocycles. The molecule has 0 fully saturated rings. The van der Waals surface area contributed by atoms with E-state index in [1.807, 2.05) is 6.07 Å². The van der Waals surface area contributed by atoms with Crippen LogP contribution in [0.3, 0.4) is 0 Å². The zero-order valence-corrected chi connectivity index (χ0v) is 13.6. The summed E-state index contributed by atoms with van der Waals surface area (Å²) < 4.78 is 15.5. The third-order valence-corrected chi connectivity index (χ3v) is 3.59. The molecule has 0 aliphatic heterocycles. The Kier molecular flexibility index (Phi) is 3.98. The summed E-state index contributed by atoms with van der Waals surface area (Å²) in [6, 6.07) is 10.4. The van der Waals surface area contributed by atoms with E-state index in [0.717, 1.165) is 11.1 Å². The summed E-state index contributed by atoms with van der Waals surface area (Å²) in [5.41, 5.74) is 1.93. The molecule has 4 aromatic rings. The van der Waals surface area contributed by atoms with Gasteiger partial charge in [0.1, 0.15) is 5.75 Å². The highest BCUT2D eigenvalue weighted by molar-refractivity contribution is 5.89. The minimum atomic E-state index is -0.605. The van der Waals surface area contributed by atoms with E-state index in [0.29, 0.717) is 23.2 Å². The number of hydrogen-bond acceptors (Lipinski definition) is 8. The number of aromatic nitrogens is 4. The molecule has 0 saturated heterocycles. The normalized spacial score (nSPS) is 10.7. The predicted octanol–water partition coefficient (Wildman–Crippen LogP) is 3.31. The van der Waals surface area contributed by atoms with E-state index in [4.69, 9.17) is 13.7 Å². The van der Waals surface area contributed by atoms with E-state index in [1.165, 1.54) is 6.39 Å². The minimum absolute atomic E-state index is 0.0772. The van der Waals surface area contributed by atoms with Crippen molar-refractivity contribution in [1.29, 1.82) is 0 Å². The molecule has 8 nitrogen and oxygen atoms in total. The quantitative estimate of drug-likeness (QED) is 0.408. The Morgan fingerprint density at radius 3 is 2.65 bits per heavy atom. The smallest absolute Gasteiger partial charge is 0.381 e. The summed E-state index contributed by atoms with van der Waals surface area (Å²) in [4.78, 5) is 24.2. The van der Waals surface area contributed by atoms with Crippen LogP contribution < -0.4 is 4.74 Å². The van der Waals surface area contributed by atoms with Crippen molar-refractivity contribution in [3.05, 3.63) is 66.6 Å². The Morgan fingerprint density at radius 1 is 1.12 bits per heavy atom. The number of oxazole rings is 1. The van der Waals surface area contributed by atoms with Crippen molar-refractivity contribution in [3.8, 4) is 28.6 Å². The summed E-state index contributed by atoms with van der Waals surface area (Å²) in [7, 11) is 0. The van der Waals surface area contributed by atoms with E-state index in [2.05, 4.69) is 20.1 Å². The molecule has 3 aromatic heterocycles. The SMILES string of the molecule is Cc1ncoc1C(=O)Oc1ccc(-c2noc(-c3cccnc3)n2)cc1. The molecule has 0 aliphatic carbocycles. The molecule has 4 rings (SSSR count). The first-order valence-corrected chi connectivity index (χ1v) is 7.67. The maximum absolute atomic E-state index is 12.0. The maximum Gasteiger partial charge on any atom is 0.381 e. The van der Waals surface area contributed by atoms with Gasteiger partial charge in [0.15, 0.2) is 6.39 Å². The third kappa shape index (κ3) is 3.07. The number of nitrogens with zero attached hydrogens (tertiary/aromatic N) is 4. The van der Waals surface area contributed by atoms with Crippen LogP contribution in [0.1, 0.15) is 16.2 Å². The molecule has 0 aliphatic rings. The van der Waals surface area contributed by atoms with Gasteiger partial charge in [0.2, 0.25) is 11.6 Å². The Labute approximate surface area is 147 Å². The summed E-state index contributed by atoms with van der Waals surface area (Å²) in [5.74, 6) is 0.641. The van der Waals surface area contributed by atoms with Crippen LogP contribution in [0.4, 0.5) is 0 Å². The zero-order valence-electron chi connectivity index (χ0n) is 13.6. The Hall–Kier alpha value is -3.81. The number of rotatable bonds is 4. The lowest BCUT2D eigenvalue weighted by molar-refractivity contribution is 0.0700. The Bertz CT molecular complexity index is 1040. The van der Waals surface area contributed by atoms with Gasteiger partial charge < -0.3 is 13.7 Å². The lowest BCUT2D eigenvalue weighted by Gasteiger charge is -2.03. The number of aryl methyl sites for hydroxylation is 1. The van der Waals surface area contributed by atoms with Gasteiger partial charge in [-0.25, -0.2) is 9.78 Å². The molecule has 3 heterocycles. The minimum Gasteiger partial charge on any atom is -0.436 e. The van der Waals surface area contributed by atoms with Crippen LogP contribution in [-0.2, 0) is 0 Å². The number of esters is 1. The summed E-state index contributed by atoms with van der Waals surface area (Å²) in [6.07, 6.45) is 4.51. The first-order chi connectivity index (χ1) is 12.7. The highest BCUT2D eigenvalue weighted by Crippen LogP contribution is 2.24. The van der Waals surface area contributed by atoms with Gasteiger partial charge in [-0.1, -0.05) is 5.16 Å². The van der Waals surface area contributed by atoms with Crippen LogP contribution in [0.25, 0.3) is 22.8 Å². The van der Waals surface area contributed by atoms with Crippen LogP contribution in [0.15, 0.2) is 64.1 Å². The van der Waals surface area contributed by atoms with Gasteiger partial charge in [0.25, 0.3) is 5.89 Å². The fraction of sp³-hybridized carbons (Fsp3) is 0.0556. The van der Waals surface area contributed by atoms with Gasteiger partial charge in [-0.3, -0.25) is 4.98 Å². The molecule has 0 radical (unpaired) electrons. The second kappa shape index (κ2) is 6.60. The number of hydrogen-bond donors (Lipinski definition) is 0. The molecule has 0 bridgehead atoms. The van der Waals surface area contributed by atoms with Crippen molar-refractivity contribution in [2.45, 2.75) is 6.92 Å². The molecular formula is C18H12N4O4. The van der Waals surface area contributed by atoms with Crippen LogP contribution >= 0.6 is 0 Å². The second-order valence-electron chi connectivity index (χ2n) is 5.35. The van der Waals surface area contributed by atoms with Gasteiger partial charge in [-0.05, 0) is 43.3 Å². The fourth-order valence-corrected chi connectivity index (χ4v) is 2.27. The van der Waals surface area contributed by atoms with Crippen molar-refractivity contribution in [3.63, 3.8) is 0 Å². The number of pyridine rings is 1. The van der Waals surface area contributed by atoms with Gasteiger partial charge in [-0.15, -0.1) is 0 Å². The summed E-state index contributed by atoms with van der Waals surface area (Å²) >= 11 is 0. The largest absolute Gasteiger partial charge is 0.436 e. The van der Waals surface area contributed by atoms with Crippen molar-refractivity contribution in [2.24, 2.45) is 0 Å². The lowest BCUT2D eigenvalue weighted by atomic mass is 10.2. The van der Waals surface area contributed by atoms with Crippen molar-refractivity contribution in [2.75, 3.05) is 0 Å². The maximum atomic E-state index is 12.0. The molecule has 0 amide bonds. The Balaban J connectivity index is 1.51. The predicted molar refractivity (Wildman–Crippen MR) is 89.2 cm³/mol. The standard InChI is InChI=1S/C18H12N4O4/c1-11-15(24-10-20-11)18(23)25-14-6-4-12(5-7-14)16-21-17(26-22-16)13-3-2-8-19-9-13/h2-10H,1H3. The van der Waals surface area contributed by atoms with E-state index >= 15 is 0 Å². The summed E-state index contributed by atoms with van der Waals surface area (Å²) in [5, 5.41) is 3.96. The Morgan fingerprint density at radius 2 is 1.96 bits per heavy atom. The molecule has 0 spiro atoms. The highest BCUT2D eigenvalue weighted by Gasteiger charge is 2.17. The first-order valence-electron chi connectivity index (χ1n) is 7.67. The molecule has 128 valence electrons. The van der Waals surface area contributed by atoms with Crippen LogP contribution in [0.5, 0.6) is 5.75 Å². The molecule has 8 heteroatoms. The lowest BCUT2D eigenvalue weighted by Crippen LogP contribution is -2.08. The van der Waals surface area contributed by atoms with Gasteiger partial charge in [0, 0.05) is 18.0 Å². The molecular weight excluding hydrogens is 336 g/mol. The molecule has 0 unspecified atom stereocenters. The molecule has 0 saturated carbocycles. The molecule has 26 heavy (non-hydrogen) atoms. The molecule has 0 N–H and O–H groups in total. The average Bonchev–Trinajstić information content (AvgIpc) is 3.32. The first kappa shape index (κ1) is 15.7. The zero-order chi connectivity index (χ0) is 17.9. The summed E-state index contributed by atoms with van der Waals surface area (Å²) in [6.45, 7) is 1.67. The van der Waals surface area contributed by atoms with Crippen LogP contribution in [-0.4, -0.2) is 26.1 Å². The number of benzene rings is 1. The molecule has 0 atom stereocenters. The van der Waals surface area contributed by atoms with E-state index in [-0.39, 0.29) is 5.76 Å². The monoisotopic (exact) mass is 348 g/mol. The average molecular weight is 348 g/mol. The van der Waals surface area contributed by atoms with Crippen LogP contribution in [0.2, 0.25) is 0 Å². The van der Waals surface area contributed by atoms with E-state index in [1.54, 1.807) is 49.6 Å².